The van der Waals surface area contributed by atoms with E-state index in [1.807, 2.05) is 30.3 Å². The summed E-state index contributed by atoms with van der Waals surface area (Å²) in [6.07, 6.45) is 3.86. The SMILES string of the molecule is N#Cc1c(SCC(=O)c2ccc(O)c(O)c2)nc(-c2ccccc2)c2c1CCCC2. The second-order valence-corrected chi connectivity index (χ2v) is 8.16. The normalized spacial score (nSPS) is 12.8. The molecule has 5 nitrogen and oxygen atoms in total. The Morgan fingerprint density at radius 2 is 1.77 bits per heavy atom. The third-order valence-corrected chi connectivity index (χ3v) is 6.25. The van der Waals surface area contributed by atoms with Crippen molar-refractivity contribution >= 4 is 17.5 Å². The van der Waals surface area contributed by atoms with Gasteiger partial charge in [0.15, 0.2) is 17.3 Å². The topological polar surface area (TPSA) is 94.2 Å². The van der Waals surface area contributed by atoms with Crippen molar-refractivity contribution in [2.75, 3.05) is 5.75 Å². The average molecular weight is 417 g/mol. The fourth-order valence-corrected chi connectivity index (χ4v) is 4.67. The van der Waals surface area contributed by atoms with Crippen molar-refractivity contribution in [3.63, 3.8) is 0 Å². The Bertz CT molecular complexity index is 1150. The Labute approximate surface area is 179 Å². The summed E-state index contributed by atoms with van der Waals surface area (Å²) >= 11 is 1.24. The lowest BCUT2D eigenvalue weighted by molar-refractivity contribution is 0.102. The summed E-state index contributed by atoms with van der Waals surface area (Å²) in [5.41, 5.74) is 4.96. The number of carbonyl (C=O) groups excluding carboxylic acids is 1. The monoisotopic (exact) mass is 416 g/mol. The molecule has 0 bridgehead atoms. The van der Waals surface area contributed by atoms with E-state index in [9.17, 15) is 20.3 Å². The Kier molecular flexibility index (Phi) is 5.73. The van der Waals surface area contributed by atoms with Crippen LogP contribution < -0.4 is 0 Å². The van der Waals surface area contributed by atoms with E-state index in [0.717, 1.165) is 48.1 Å². The van der Waals surface area contributed by atoms with E-state index in [1.165, 1.54) is 30.0 Å². The molecule has 1 heterocycles. The largest absolute Gasteiger partial charge is 0.504 e. The number of thioether (sulfide) groups is 1. The molecular weight excluding hydrogens is 396 g/mol. The fourth-order valence-electron chi connectivity index (χ4n) is 3.77. The van der Waals surface area contributed by atoms with Gasteiger partial charge in [0.2, 0.25) is 0 Å². The van der Waals surface area contributed by atoms with E-state index in [4.69, 9.17) is 4.98 Å². The van der Waals surface area contributed by atoms with Crippen molar-refractivity contribution in [2.24, 2.45) is 0 Å². The van der Waals surface area contributed by atoms with E-state index in [0.29, 0.717) is 16.2 Å². The van der Waals surface area contributed by atoms with Gasteiger partial charge in [0.25, 0.3) is 0 Å². The lowest BCUT2D eigenvalue weighted by Crippen LogP contribution is -2.11. The van der Waals surface area contributed by atoms with Gasteiger partial charge in [-0.2, -0.15) is 5.26 Å². The second kappa shape index (κ2) is 8.60. The quantitative estimate of drug-likeness (QED) is 0.350. The number of nitriles is 1. The third-order valence-electron chi connectivity index (χ3n) is 5.28. The molecule has 0 amide bonds. The van der Waals surface area contributed by atoms with E-state index in [2.05, 4.69) is 6.07 Å². The van der Waals surface area contributed by atoms with Crippen molar-refractivity contribution in [3.8, 4) is 28.8 Å². The minimum atomic E-state index is -0.332. The third kappa shape index (κ3) is 3.89. The molecule has 0 radical (unpaired) electrons. The zero-order chi connectivity index (χ0) is 21.1. The second-order valence-electron chi connectivity index (χ2n) is 7.20. The van der Waals surface area contributed by atoms with Gasteiger partial charge < -0.3 is 10.2 Å². The number of ketones is 1. The number of pyridine rings is 1. The molecule has 0 atom stereocenters. The Balaban J connectivity index is 1.69. The van der Waals surface area contributed by atoms with Gasteiger partial charge in [-0.3, -0.25) is 4.79 Å². The van der Waals surface area contributed by atoms with Crippen LogP contribution in [0, 0.1) is 11.3 Å². The molecule has 0 unspecified atom stereocenters. The first-order valence-corrected chi connectivity index (χ1v) is 10.8. The van der Waals surface area contributed by atoms with Crippen LogP contribution in [-0.4, -0.2) is 26.7 Å². The van der Waals surface area contributed by atoms with Crippen molar-refractivity contribution in [1.29, 1.82) is 5.26 Å². The molecule has 2 aromatic carbocycles. The van der Waals surface area contributed by atoms with E-state index < -0.39 is 0 Å². The van der Waals surface area contributed by atoms with Crippen molar-refractivity contribution in [1.82, 2.24) is 4.98 Å². The maximum absolute atomic E-state index is 12.6. The molecule has 1 aliphatic rings. The number of benzene rings is 2. The zero-order valence-corrected chi connectivity index (χ0v) is 17.1. The van der Waals surface area contributed by atoms with Gasteiger partial charge >= 0.3 is 0 Å². The maximum Gasteiger partial charge on any atom is 0.173 e. The van der Waals surface area contributed by atoms with Crippen molar-refractivity contribution in [2.45, 2.75) is 30.7 Å². The standard InChI is InChI=1S/C24H20N2O3S/c25-13-19-17-8-4-5-9-18(17)23(15-6-2-1-3-7-15)26-24(19)30-14-22(29)16-10-11-20(27)21(28)12-16/h1-3,6-7,10-12,27-28H,4-5,8-9,14H2. The van der Waals surface area contributed by atoms with Crippen LogP contribution in [-0.2, 0) is 12.8 Å². The highest BCUT2D eigenvalue weighted by Gasteiger charge is 2.23. The number of fused-ring (bicyclic) bond motifs is 1. The molecule has 1 aliphatic carbocycles. The number of hydrogen-bond donors (Lipinski definition) is 2. The molecule has 2 N–H and O–H groups in total. The average Bonchev–Trinajstić information content (AvgIpc) is 2.79. The Morgan fingerprint density at radius 1 is 1.03 bits per heavy atom. The number of hydrogen-bond acceptors (Lipinski definition) is 6. The van der Waals surface area contributed by atoms with Crippen LogP contribution in [0.2, 0.25) is 0 Å². The molecule has 0 fully saturated rings. The number of carbonyl (C=O) groups is 1. The highest BCUT2D eigenvalue weighted by atomic mass is 32.2. The highest BCUT2D eigenvalue weighted by Crippen LogP contribution is 2.37. The molecule has 4 rings (SSSR count). The van der Waals surface area contributed by atoms with Crippen LogP contribution in [0.15, 0.2) is 53.6 Å². The molecule has 0 aliphatic heterocycles. The predicted octanol–water partition coefficient (Wildman–Crippen LogP) is 4.89. The van der Waals surface area contributed by atoms with Gasteiger partial charge in [-0.1, -0.05) is 42.1 Å². The number of phenols is 2. The van der Waals surface area contributed by atoms with E-state index >= 15 is 0 Å². The van der Waals surface area contributed by atoms with Gasteiger partial charge in [-0.05, 0) is 55.0 Å². The number of aromatic hydroxyl groups is 2. The number of aromatic nitrogens is 1. The molecular formula is C24H20N2O3S. The summed E-state index contributed by atoms with van der Waals surface area (Å²) in [6, 6.07) is 16.3. The van der Waals surface area contributed by atoms with E-state index in [-0.39, 0.29) is 23.0 Å². The van der Waals surface area contributed by atoms with Crippen molar-refractivity contribution in [3.05, 3.63) is 70.8 Å². The maximum atomic E-state index is 12.6. The number of Topliss-reactive ketones (excluding diaryl/α,β-unsaturated/α-hetero) is 1. The minimum Gasteiger partial charge on any atom is -0.504 e. The van der Waals surface area contributed by atoms with Crippen LogP contribution in [0.3, 0.4) is 0 Å². The lowest BCUT2D eigenvalue weighted by Gasteiger charge is -2.22. The first kappa shape index (κ1) is 20.0. The summed E-state index contributed by atoms with van der Waals surface area (Å²) in [5, 5.41) is 29.5. The molecule has 6 heteroatoms. The first-order valence-electron chi connectivity index (χ1n) is 9.77. The summed E-state index contributed by atoms with van der Waals surface area (Å²) in [6.45, 7) is 0. The summed E-state index contributed by atoms with van der Waals surface area (Å²) in [5.74, 6) is -0.726. The van der Waals surface area contributed by atoms with Gasteiger partial charge in [0.05, 0.1) is 17.0 Å². The Morgan fingerprint density at radius 3 is 2.47 bits per heavy atom. The predicted molar refractivity (Wildman–Crippen MR) is 116 cm³/mol. The van der Waals surface area contributed by atoms with Crippen LogP contribution in [0.4, 0.5) is 0 Å². The van der Waals surface area contributed by atoms with Crippen molar-refractivity contribution < 1.29 is 15.0 Å². The first-order chi connectivity index (χ1) is 14.6. The Hall–Kier alpha value is -3.30. The molecule has 0 spiro atoms. The molecule has 0 saturated carbocycles. The highest BCUT2D eigenvalue weighted by molar-refractivity contribution is 8.00. The molecule has 0 saturated heterocycles. The van der Waals surface area contributed by atoms with E-state index in [1.54, 1.807) is 0 Å². The van der Waals surface area contributed by atoms with Gasteiger partial charge in [0, 0.05) is 11.1 Å². The van der Waals surface area contributed by atoms with Gasteiger partial charge in [-0.25, -0.2) is 4.98 Å². The molecule has 30 heavy (non-hydrogen) atoms. The fraction of sp³-hybridized carbons (Fsp3) is 0.208. The molecule has 3 aromatic rings. The molecule has 1 aromatic heterocycles. The van der Waals surface area contributed by atoms with Crippen LogP contribution >= 0.6 is 11.8 Å². The summed E-state index contributed by atoms with van der Waals surface area (Å²) in [4.78, 5) is 17.4. The van der Waals surface area contributed by atoms with Gasteiger partial charge in [-0.15, -0.1) is 0 Å². The zero-order valence-electron chi connectivity index (χ0n) is 16.3. The lowest BCUT2D eigenvalue weighted by atomic mass is 9.86. The number of nitrogens with zero attached hydrogens (tertiary/aromatic N) is 2. The molecule has 150 valence electrons. The minimum absolute atomic E-state index is 0.0823. The van der Waals surface area contributed by atoms with Crippen LogP contribution in [0.25, 0.3) is 11.3 Å². The van der Waals surface area contributed by atoms with Gasteiger partial charge in [0.1, 0.15) is 11.1 Å². The summed E-state index contributed by atoms with van der Waals surface area (Å²) < 4.78 is 0. The van der Waals surface area contributed by atoms with Crippen LogP contribution in [0.1, 0.15) is 39.9 Å². The number of rotatable bonds is 5. The smallest absolute Gasteiger partial charge is 0.173 e. The summed E-state index contributed by atoms with van der Waals surface area (Å²) in [7, 11) is 0. The number of phenolic OH excluding ortho intramolecular Hbond substituents is 2. The van der Waals surface area contributed by atoms with Crippen LogP contribution in [0.5, 0.6) is 11.5 Å².